The standard InChI is InChI=1S/2C6H5.C3H5.Rh/c2*1-2-4-6-5-3-1;1-3-2;/h2*1-5H;3H,1-2H2;. The van der Waals surface area contributed by atoms with E-state index in [-0.39, 0.29) is 0 Å². The van der Waals surface area contributed by atoms with Gasteiger partial charge in [-0.05, 0) is 0 Å². The normalized spacial score (nSPS) is 10.9. The van der Waals surface area contributed by atoms with E-state index in [4.69, 9.17) is 0 Å². The second-order valence-electron chi connectivity index (χ2n) is 3.28. The molecule has 0 aromatic heterocycles. The maximum absolute atomic E-state index is 3.88. The van der Waals surface area contributed by atoms with Crippen LogP contribution in [0.5, 0.6) is 0 Å². The second-order valence-corrected chi connectivity index (χ2v) is 7.41. The summed E-state index contributed by atoms with van der Waals surface area (Å²) in [6.45, 7) is 3.88. The van der Waals surface area contributed by atoms with Crippen molar-refractivity contribution in [3.05, 3.63) is 73.3 Å². The first kappa shape index (κ1) is 11.3. The molecule has 0 spiro atoms. The van der Waals surface area contributed by atoms with Gasteiger partial charge in [-0.3, -0.25) is 0 Å². The van der Waals surface area contributed by atoms with Gasteiger partial charge < -0.3 is 0 Å². The molecule has 2 aromatic carbocycles. The Kier molecular flexibility index (Phi) is 4.07. The molecule has 0 amide bonds. The molecule has 0 aliphatic heterocycles. The van der Waals surface area contributed by atoms with Crippen LogP contribution in [0.2, 0.25) is 5.02 Å². The predicted octanol–water partition coefficient (Wildman–Crippen LogP) is 2.86. The van der Waals surface area contributed by atoms with Gasteiger partial charge in [-0.15, -0.1) is 0 Å². The summed E-state index contributed by atoms with van der Waals surface area (Å²) in [4.78, 5) is 0. The summed E-state index contributed by atoms with van der Waals surface area (Å²) in [5.74, 6) is 0. The number of allylic oxidation sites excluding steroid dienone is 1. The molecule has 0 saturated carbocycles. The Morgan fingerprint density at radius 2 is 1.25 bits per heavy atom. The molecule has 16 heavy (non-hydrogen) atoms. The first-order valence-corrected chi connectivity index (χ1v) is 8.00. The maximum atomic E-state index is 3.88. The summed E-state index contributed by atoms with van der Waals surface area (Å²) in [5, 5.41) is 1.11. The molecule has 1 heteroatoms. The summed E-state index contributed by atoms with van der Waals surface area (Å²) in [6, 6.07) is 21.6. The van der Waals surface area contributed by atoms with Gasteiger partial charge in [0.25, 0.3) is 0 Å². The molecule has 0 fully saturated rings. The van der Waals surface area contributed by atoms with E-state index in [2.05, 4.69) is 67.2 Å². The first-order valence-electron chi connectivity index (χ1n) is 5.21. The fourth-order valence-corrected chi connectivity index (χ4v) is 5.19. The Labute approximate surface area is 103 Å². The molecular weight excluding hydrogens is 283 g/mol. The van der Waals surface area contributed by atoms with Gasteiger partial charge in [0.15, 0.2) is 0 Å². The van der Waals surface area contributed by atoms with Crippen molar-refractivity contribution in [1.29, 1.82) is 0 Å². The van der Waals surface area contributed by atoms with Crippen LogP contribution in [0.25, 0.3) is 0 Å². The van der Waals surface area contributed by atoms with Gasteiger partial charge in [0.1, 0.15) is 0 Å². The van der Waals surface area contributed by atoms with Crippen molar-refractivity contribution in [3.63, 3.8) is 0 Å². The topological polar surface area (TPSA) is 0 Å². The average molecular weight is 298 g/mol. The Bertz CT molecular complexity index is 394. The van der Waals surface area contributed by atoms with Crippen LogP contribution in [0.3, 0.4) is 0 Å². The second kappa shape index (κ2) is 5.77. The average Bonchev–Trinajstić information content (AvgIpc) is 2.38. The minimum atomic E-state index is -0.973. The minimum absolute atomic E-state index is 0.973. The van der Waals surface area contributed by atoms with Gasteiger partial charge in [0.2, 0.25) is 0 Å². The molecule has 0 bridgehead atoms. The zero-order valence-corrected chi connectivity index (χ0v) is 10.7. The van der Waals surface area contributed by atoms with E-state index in [0.717, 1.165) is 5.02 Å². The van der Waals surface area contributed by atoms with Crippen LogP contribution in [0.1, 0.15) is 0 Å². The van der Waals surface area contributed by atoms with Crippen molar-refractivity contribution < 1.29 is 16.0 Å². The van der Waals surface area contributed by atoms with E-state index >= 15 is 0 Å². The van der Waals surface area contributed by atoms with Gasteiger partial charge in [-0.1, -0.05) is 0 Å². The molecule has 0 saturated heterocycles. The van der Waals surface area contributed by atoms with E-state index in [1.165, 1.54) is 8.32 Å². The molecule has 0 heterocycles. The van der Waals surface area contributed by atoms with Crippen LogP contribution >= 0.6 is 0 Å². The van der Waals surface area contributed by atoms with E-state index in [0.29, 0.717) is 0 Å². The van der Waals surface area contributed by atoms with Gasteiger partial charge in [-0.25, -0.2) is 0 Å². The molecule has 84 valence electrons. The van der Waals surface area contributed by atoms with E-state index in [1.54, 1.807) is 0 Å². The molecular formula is C15H15Rh. The molecule has 0 N–H and O–H groups in total. The fraction of sp³-hybridized carbons (Fsp3) is 0.0667. The molecule has 0 aliphatic carbocycles. The summed E-state index contributed by atoms with van der Waals surface area (Å²) in [6.07, 6.45) is 2.05. The van der Waals surface area contributed by atoms with E-state index in [9.17, 15) is 0 Å². The zero-order chi connectivity index (χ0) is 11.2. The Balaban J connectivity index is 2.35. The summed E-state index contributed by atoms with van der Waals surface area (Å²) in [5.41, 5.74) is 0. The molecule has 2 aromatic rings. The third kappa shape index (κ3) is 2.68. The van der Waals surface area contributed by atoms with Gasteiger partial charge in [0, 0.05) is 0 Å². The van der Waals surface area contributed by atoms with E-state index < -0.39 is 16.0 Å². The molecule has 0 radical (unpaired) electrons. The predicted molar refractivity (Wildman–Crippen MR) is 67.2 cm³/mol. The number of hydrogen-bond acceptors (Lipinski definition) is 0. The van der Waals surface area contributed by atoms with Crippen molar-refractivity contribution in [2.45, 2.75) is 5.02 Å². The Hall–Kier alpha value is -1.20. The Morgan fingerprint density at radius 3 is 1.62 bits per heavy atom. The van der Waals surface area contributed by atoms with E-state index in [1.807, 2.05) is 6.08 Å². The molecule has 0 unspecified atom stereocenters. The summed E-state index contributed by atoms with van der Waals surface area (Å²) >= 11 is -0.973. The van der Waals surface area contributed by atoms with Crippen molar-refractivity contribution in [2.75, 3.05) is 0 Å². The van der Waals surface area contributed by atoms with Gasteiger partial charge >= 0.3 is 103 Å². The fourth-order valence-electron chi connectivity index (χ4n) is 1.44. The molecule has 0 atom stereocenters. The van der Waals surface area contributed by atoms with Gasteiger partial charge in [-0.2, -0.15) is 0 Å². The van der Waals surface area contributed by atoms with Crippen LogP contribution in [0, 0.1) is 0 Å². The number of benzene rings is 2. The van der Waals surface area contributed by atoms with Crippen LogP contribution in [-0.4, -0.2) is 0 Å². The third-order valence-corrected chi connectivity index (χ3v) is 6.65. The van der Waals surface area contributed by atoms with Crippen molar-refractivity contribution in [3.8, 4) is 0 Å². The first-order chi connectivity index (χ1) is 7.92. The molecule has 2 rings (SSSR count). The van der Waals surface area contributed by atoms with Crippen molar-refractivity contribution in [2.24, 2.45) is 0 Å². The summed E-state index contributed by atoms with van der Waals surface area (Å²) < 4.78 is 2.97. The molecule has 0 nitrogen and oxygen atoms in total. The monoisotopic (exact) mass is 298 g/mol. The van der Waals surface area contributed by atoms with Crippen LogP contribution in [0.15, 0.2) is 73.3 Å². The van der Waals surface area contributed by atoms with Crippen molar-refractivity contribution in [1.82, 2.24) is 0 Å². The number of hydrogen-bond donors (Lipinski definition) is 0. The third-order valence-electron chi connectivity index (χ3n) is 2.13. The molecule has 0 aliphatic rings. The van der Waals surface area contributed by atoms with Crippen LogP contribution in [-0.2, 0) is 16.0 Å². The SMILES string of the molecule is C=C[CH2][Rh]([c]1ccccc1)[c]1ccccc1. The van der Waals surface area contributed by atoms with Gasteiger partial charge in [0.05, 0.1) is 0 Å². The van der Waals surface area contributed by atoms with Crippen LogP contribution < -0.4 is 8.32 Å². The summed E-state index contributed by atoms with van der Waals surface area (Å²) in [7, 11) is 0. The van der Waals surface area contributed by atoms with Crippen LogP contribution in [0.4, 0.5) is 0 Å². The quantitative estimate of drug-likeness (QED) is 0.601. The van der Waals surface area contributed by atoms with Crippen molar-refractivity contribution >= 4 is 8.32 Å². The number of rotatable bonds is 4. The Morgan fingerprint density at radius 1 is 0.812 bits per heavy atom. The zero-order valence-electron chi connectivity index (χ0n) is 9.10.